The van der Waals surface area contributed by atoms with Crippen molar-refractivity contribution in [3.63, 3.8) is 0 Å². The van der Waals surface area contributed by atoms with Gasteiger partial charge in [0.15, 0.2) is 11.2 Å². The number of hydrogen-bond acceptors (Lipinski definition) is 6. The number of fused-ring (bicyclic) bond motifs is 1. The topological polar surface area (TPSA) is 134 Å². The van der Waals surface area contributed by atoms with Gasteiger partial charge in [0.05, 0.1) is 16.9 Å². The van der Waals surface area contributed by atoms with Crippen molar-refractivity contribution in [1.29, 1.82) is 0 Å². The quantitative estimate of drug-likeness (QED) is 0.508. The highest BCUT2D eigenvalue weighted by molar-refractivity contribution is 5.91. The molecule has 0 unspecified atom stereocenters. The average molecular weight is 376 g/mol. The number of anilines is 1. The fourth-order valence-electron chi connectivity index (χ4n) is 2.58. The molecule has 3 rings (SSSR count). The van der Waals surface area contributed by atoms with Gasteiger partial charge in [0.1, 0.15) is 12.4 Å². The van der Waals surface area contributed by atoms with Crippen LogP contribution in [-0.4, -0.2) is 29.5 Å². The maximum atomic E-state index is 13.8. The molecule has 0 aliphatic rings. The number of carbonyl (C=O) groups excluding carboxylic acids is 1. The minimum absolute atomic E-state index is 0.0225. The second-order valence-corrected chi connectivity index (χ2v) is 5.72. The highest BCUT2D eigenvalue weighted by Gasteiger charge is 2.17. The lowest BCUT2D eigenvalue weighted by atomic mass is 10.2. The van der Waals surface area contributed by atoms with Crippen molar-refractivity contribution in [3.8, 4) is 0 Å². The van der Waals surface area contributed by atoms with E-state index in [1.807, 2.05) is 0 Å². The van der Waals surface area contributed by atoms with Crippen LogP contribution < -0.4 is 16.6 Å². The Morgan fingerprint density at radius 1 is 1.30 bits per heavy atom. The van der Waals surface area contributed by atoms with Crippen LogP contribution in [0.5, 0.6) is 0 Å². The number of imidazole rings is 1. The maximum absolute atomic E-state index is 13.8. The Morgan fingerprint density at radius 3 is 2.67 bits per heavy atom. The molecule has 0 spiro atoms. The van der Waals surface area contributed by atoms with Gasteiger partial charge in [-0.3, -0.25) is 28.8 Å². The first-order valence-corrected chi connectivity index (χ1v) is 7.55. The molecular formula is C15H13FN6O5. The van der Waals surface area contributed by atoms with E-state index in [4.69, 9.17) is 0 Å². The fraction of sp³-hybridized carbons (Fsp3) is 0.200. The summed E-state index contributed by atoms with van der Waals surface area (Å²) in [5.41, 5.74) is -1.84. The van der Waals surface area contributed by atoms with Crippen molar-refractivity contribution < 1.29 is 14.1 Å². The molecule has 3 aromatic rings. The predicted octanol–water partition coefficient (Wildman–Crippen LogP) is 0.120. The number of aromatic nitrogens is 4. The third-order valence-corrected chi connectivity index (χ3v) is 3.97. The van der Waals surface area contributed by atoms with Crippen molar-refractivity contribution in [2.75, 3.05) is 5.32 Å². The van der Waals surface area contributed by atoms with Crippen LogP contribution in [0.15, 0.2) is 34.1 Å². The Bertz CT molecular complexity index is 1210. The van der Waals surface area contributed by atoms with E-state index in [1.54, 1.807) is 0 Å². The largest absolute Gasteiger partial charge is 0.332 e. The van der Waals surface area contributed by atoms with Crippen molar-refractivity contribution in [2.45, 2.75) is 6.54 Å². The smallest absolute Gasteiger partial charge is 0.322 e. The number of rotatable bonds is 4. The number of nitro benzene ring substituents is 1. The Labute approximate surface area is 149 Å². The van der Waals surface area contributed by atoms with Gasteiger partial charge in [0.2, 0.25) is 5.91 Å². The zero-order valence-corrected chi connectivity index (χ0v) is 14.2. The number of hydrogen-bond donors (Lipinski definition) is 1. The number of non-ortho nitro benzene ring substituents is 1. The van der Waals surface area contributed by atoms with E-state index >= 15 is 0 Å². The van der Waals surface area contributed by atoms with E-state index in [9.17, 15) is 28.9 Å². The standard InChI is InChI=1S/C15H13FN6O5/c1-19-13-12(14(24)20(2)15(19)25)21(7-17-13)6-11(23)18-10-5-8(22(26)27)3-4-9(10)16/h3-5,7H,6H2,1-2H3,(H,18,23). The summed E-state index contributed by atoms with van der Waals surface area (Å²) in [5.74, 6) is -1.58. The number of benzene rings is 1. The molecule has 11 nitrogen and oxygen atoms in total. The van der Waals surface area contributed by atoms with Gasteiger partial charge in [-0.15, -0.1) is 0 Å². The molecule has 0 radical (unpaired) electrons. The molecule has 2 heterocycles. The third kappa shape index (κ3) is 3.07. The van der Waals surface area contributed by atoms with E-state index in [2.05, 4.69) is 10.3 Å². The van der Waals surface area contributed by atoms with Gasteiger partial charge in [-0.1, -0.05) is 0 Å². The summed E-state index contributed by atoms with van der Waals surface area (Å²) < 4.78 is 17.0. The second-order valence-electron chi connectivity index (χ2n) is 5.72. The van der Waals surface area contributed by atoms with Gasteiger partial charge in [-0.25, -0.2) is 14.2 Å². The summed E-state index contributed by atoms with van der Waals surface area (Å²) in [4.78, 5) is 50.5. The van der Waals surface area contributed by atoms with Crippen LogP contribution in [0.2, 0.25) is 0 Å². The molecule has 12 heteroatoms. The molecule has 0 aliphatic heterocycles. The maximum Gasteiger partial charge on any atom is 0.332 e. The zero-order valence-electron chi connectivity index (χ0n) is 14.2. The van der Waals surface area contributed by atoms with Crippen LogP contribution in [0.1, 0.15) is 0 Å². The van der Waals surface area contributed by atoms with Crippen LogP contribution in [0.3, 0.4) is 0 Å². The molecule has 0 saturated heterocycles. The minimum atomic E-state index is -0.845. The van der Waals surface area contributed by atoms with E-state index in [1.165, 1.54) is 25.0 Å². The Morgan fingerprint density at radius 2 is 2.00 bits per heavy atom. The van der Waals surface area contributed by atoms with Gasteiger partial charge in [-0.2, -0.15) is 0 Å². The summed E-state index contributed by atoms with van der Waals surface area (Å²) in [6.45, 7) is -0.411. The van der Waals surface area contributed by atoms with Gasteiger partial charge in [-0.05, 0) is 6.07 Å². The first-order chi connectivity index (χ1) is 12.7. The molecule has 140 valence electrons. The summed E-state index contributed by atoms with van der Waals surface area (Å²) in [7, 11) is 2.72. The van der Waals surface area contributed by atoms with Crippen LogP contribution in [0.4, 0.5) is 15.8 Å². The lowest BCUT2D eigenvalue weighted by Gasteiger charge is -2.08. The van der Waals surface area contributed by atoms with Crippen LogP contribution in [0, 0.1) is 15.9 Å². The lowest BCUT2D eigenvalue weighted by Crippen LogP contribution is -2.37. The minimum Gasteiger partial charge on any atom is -0.322 e. The number of nitrogens with one attached hydrogen (secondary N) is 1. The number of aryl methyl sites for hydroxylation is 1. The SMILES string of the molecule is Cn1c(=O)c2c(ncn2CC(=O)Nc2cc([N+](=O)[O-])ccc2F)n(C)c1=O. The highest BCUT2D eigenvalue weighted by Crippen LogP contribution is 2.21. The second kappa shape index (κ2) is 6.48. The van der Waals surface area contributed by atoms with E-state index in [0.717, 1.165) is 27.3 Å². The van der Waals surface area contributed by atoms with E-state index in [0.29, 0.717) is 0 Å². The van der Waals surface area contributed by atoms with Gasteiger partial charge >= 0.3 is 5.69 Å². The number of nitro groups is 1. The first kappa shape index (κ1) is 18.0. The molecule has 1 N–H and O–H groups in total. The molecular weight excluding hydrogens is 363 g/mol. The number of halogens is 1. The monoisotopic (exact) mass is 376 g/mol. The van der Waals surface area contributed by atoms with Crippen molar-refractivity contribution in [2.24, 2.45) is 14.1 Å². The van der Waals surface area contributed by atoms with Gasteiger partial charge < -0.3 is 9.88 Å². The molecule has 2 aromatic heterocycles. The third-order valence-electron chi connectivity index (χ3n) is 3.97. The normalized spacial score (nSPS) is 10.9. The van der Waals surface area contributed by atoms with E-state index in [-0.39, 0.29) is 22.5 Å². The van der Waals surface area contributed by atoms with E-state index < -0.39 is 34.4 Å². The summed E-state index contributed by atoms with van der Waals surface area (Å²) in [6.07, 6.45) is 1.20. The number of nitrogens with zero attached hydrogens (tertiary/aromatic N) is 5. The molecule has 0 atom stereocenters. The Hall–Kier alpha value is -3.83. The Kier molecular flexibility index (Phi) is 4.31. The Balaban J connectivity index is 1.94. The van der Waals surface area contributed by atoms with Crippen LogP contribution in [-0.2, 0) is 25.4 Å². The van der Waals surface area contributed by atoms with Crippen molar-refractivity contribution in [3.05, 3.63) is 61.3 Å². The molecule has 0 aliphatic carbocycles. The average Bonchev–Trinajstić information content (AvgIpc) is 3.03. The van der Waals surface area contributed by atoms with Crippen molar-refractivity contribution in [1.82, 2.24) is 18.7 Å². The van der Waals surface area contributed by atoms with Crippen LogP contribution >= 0.6 is 0 Å². The number of carbonyl (C=O) groups is 1. The first-order valence-electron chi connectivity index (χ1n) is 7.55. The predicted molar refractivity (Wildman–Crippen MR) is 91.9 cm³/mol. The molecule has 1 amide bonds. The lowest BCUT2D eigenvalue weighted by molar-refractivity contribution is -0.384. The summed E-state index contributed by atoms with van der Waals surface area (Å²) >= 11 is 0. The molecule has 0 bridgehead atoms. The number of amides is 1. The fourth-order valence-corrected chi connectivity index (χ4v) is 2.58. The van der Waals surface area contributed by atoms with Gasteiger partial charge in [0, 0.05) is 26.2 Å². The summed E-state index contributed by atoms with van der Waals surface area (Å²) in [6, 6.07) is 2.73. The highest BCUT2D eigenvalue weighted by atomic mass is 19.1. The van der Waals surface area contributed by atoms with Crippen LogP contribution in [0.25, 0.3) is 11.2 Å². The molecule has 27 heavy (non-hydrogen) atoms. The van der Waals surface area contributed by atoms with Crippen molar-refractivity contribution >= 4 is 28.4 Å². The molecule has 0 saturated carbocycles. The summed E-state index contributed by atoms with van der Waals surface area (Å²) in [5, 5.41) is 13.0. The zero-order chi connectivity index (χ0) is 19.9. The molecule has 0 fully saturated rings. The van der Waals surface area contributed by atoms with Gasteiger partial charge in [0.25, 0.3) is 11.2 Å². The molecule has 1 aromatic carbocycles.